The van der Waals surface area contributed by atoms with E-state index in [0.717, 1.165) is 29.8 Å². The molecule has 3 rings (SSSR count). The van der Waals surface area contributed by atoms with Crippen LogP contribution in [0.4, 0.5) is 17.6 Å². The molecule has 1 fully saturated rings. The van der Waals surface area contributed by atoms with Gasteiger partial charge in [-0.15, -0.1) is 0 Å². The molecule has 2 heterocycles. The number of alkyl halides is 4. The van der Waals surface area contributed by atoms with Gasteiger partial charge in [-0.25, -0.2) is 0 Å². The van der Waals surface area contributed by atoms with Gasteiger partial charge in [0.1, 0.15) is 12.4 Å². The average molecular weight is 483 g/mol. The molecule has 1 saturated heterocycles. The van der Waals surface area contributed by atoms with E-state index in [4.69, 9.17) is 4.74 Å². The van der Waals surface area contributed by atoms with Crippen LogP contribution in [0, 0.1) is 5.92 Å². The number of rotatable bonds is 10. The van der Waals surface area contributed by atoms with Crippen molar-refractivity contribution in [2.24, 2.45) is 5.92 Å². The van der Waals surface area contributed by atoms with Crippen molar-refractivity contribution in [1.29, 1.82) is 0 Å². The number of halogens is 4. The maximum absolute atomic E-state index is 13.4. The van der Waals surface area contributed by atoms with E-state index in [1.165, 1.54) is 4.90 Å². The molecule has 0 amide bonds. The first kappa shape index (κ1) is 26.4. The van der Waals surface area contributed by atoms with Gasteiger partial charge in [0.25, 0.3) is 0 Å². The Bertz CT molecular complexity index is 907. The smallest absolute Gasteiger partial charge is 0.401 e. The second-order valence-electron chi connectivity index (χ2n) is 9.16. The number of ether oxygens (including phenoxy) is 1. The average Bonchev–Trinajstić information content (AvgIpc) is 2.76. The Morgan fingerprint density at radius 2 is 2.00 bits per heavy atom. The standard InChI is InChI=1S/C26H34F4N2O2/c1-4-23(34-10-9-31-14-21(13-27)15-31)7-5-18(2)25-24-8-6-20(16-33)12-22(24)11-19(3)32(25)17-26(28,29)30/h4-8,12,19,21,25,33H,2,9-11,13-17H2,1,3H3/b7-5-,23-4+/t19-,25-/m0/s1. The molecular weight excluding hydrogens is 448 g/mol. The van der Waals surface area contributed by atoms with Gasteiger partial charge in [-0.2, -0.15) is 13.2 Å². The van der Waals surface area contributed by atoms with Crippen LogP contribution in [0.2, 0.25) is 0 Å². The van der Waals surface area contributed by atoms with E-state index in [9.17, 15) is 22.7 Å². The highest BCUT2D eigenvalue weighted by molar-refractivity contribution is 5.43. The second-order valence-corrected chi connectivity index (χ2v) is 9.16. The number of hydrogen-bond donors (Lipinski definition) is 1. The molecule has 1 aromatic carbocycles. The molecule has 188 valence electrons. The molecule has 0 saturated carbocycles. The minimum Gasteiger partial charge on any atom is -0.493 e. The summed E-state index contributed by atoms with van der Waals surface area (Å²) in [6, 6.07) is 4.42. The largest absolute Gasteiger partial charge is 0.493 e. The molecule has 4 nitrogen and oxygen atoms in total. The van der Waals surface area contributed by atoms with Crippen molar-refractivity contribution in [3.8, 4) is 0 Å². The lowest BCUT2D eigenvalue weighted by atomic mass is 9.84. The lowest BCUT2D eigenvalue weighted by molar-refractivity contribution is -0.155. The van der Waals surface area contributed by atoms with E-state index >= 15 is 0 Å². The van der Waals surface area contributed by atoms with Crippen LogP contribution in [0.25, 0.3) is 0 Å². The molecule has 0 bridgehead atoms. The SMILES string of the molecule is C=C(/C=C\C(=C/C)OCCN1CC(CF)C1)[C@H]1c2ccc(CO)cc2C[C@H](C)N1CC(F)(F)F. The fraction of sp³-hybridized carbons (Fsp3) is 0.538. The first-order valence-corrected chi connectivity index (χ1v) is 11.6. The summed E-state index contributed by atoms with van der Waals surface area (Å²) in [6.45, 7) is 8.91. The van der Waals surface area contributed by atoms with Gasteiger partial charge in [0.05, 0.1) is 25.9 Å². The number of aliphatic hydroxyl groups is 1. The Balaban J connectivity index is 1.73. The predicted octanol–water partition coefficient (Wildman–Crippen LogP) is 4.96. The fourth-order valence-electron chi connectivity index (χ4n) is 4.69. The quantitative estimate of drug-likeness (QED) is 0.291. The van der Waals surface area contributed by atoms with Crippen molar-refractivity contribution in [2.75, 3.05) is 39.5 Å². The van der Waals surface area contributed by atoms with Crippen LogP contribution in [0.15, 0.2) is 54.3 Å². The summed E-state index contributed by atoms with van der Waals surface area (Å²) in [4.78, 5) is 3.56. The van der Waals surface area contributed by atoms with E-state index in [2.05, 4.69) is 11.5 Å². The van der Waals surface area contributed by atoms with Gasteiger partial charge in [-0.05, 0) is 54.7 Å². The van der Waals surface area contributed by atoms with Gasteiger partial charge in [-0.3, -0.25) is 14.2 Å². The Hall–Kier alpha value is -2.16. The van der Waals surface area contributed by atoms with Gasteiger partial charge in [0.2, 0.25) is 0 Å². The zero-order chi connectivity index (χ0) is 24.9. The van der Waals surface area contributed by atoms with Gasteiger partial charge >= 0.3 is 6.18 Å². The number of allylic oxidation sites excluding steroid dienone is 2. The molecular formula is C26H34F4N2O2. The van der Waals surface area contributed by atoms with Crippen LogP contribution in [0.1, 0.15) is 36.6 Å². The van der Waals surface area contributed by atoms with Crippen molar-refractivity contribution in [1.82, 2.24) is 9.80 Å². The fourth-order valence-corrected chi connectivity index (χ4v) is 4.69. The molecule has 2 atom stereocenters. The van der Waals surface area contributed by atoms with Gasteiger partial charge in [0, 0.05) is 31.6 Å². The normalized spacial score (nSPS) is 22.6. The summed E-state index contributed by atoms with van der Waals surface area (Å²) >= 11 is 0. The number of benzene rings is 1. The molecule has 1 N–H and O–H groups in total. The minimum absolute atomic E-state index is 0.118. The van der Waals surface area contributed by atoms with Gasteiger partial charge in [0.15, 0.2) is 0 Å². The molecule has 0 unspecified atom stereocenters. The number of likely N-dealkylation sites (tertiary alicyclic amines) is 1. The topological polar surface area (TPSA) is 35.9 Å². The van der Waals surface area contributed by atoms with Crippen molar-refractivity contribution in [3.05, 3.63) is 71.0 Å². The maximum atomic E-state index is 13.4. The highest BCUT2D eigenvalue weighted by Crippen LogP contribution is 2.40. The summed E-state index contributed by atoms with van der Waals surface area (Å²) in [6.07, 6.45) is 1.37. The third-order valence-electron chi connectivity index (χ3n) is 6.48. The lowest BCUT2D eigenvalue weighted by Crippen LogP contribution is -2.48. The van der Waals surface area contributed by atoms with Crippen molar-refractivity contribution in [3.63, 3.8) is 0 Å². The van der Waals surface area contributed by atoms with Crippen molar-refractivity contribution < 1.29 is 27.4 Å². The molecule has 0 spiro atoms. The third kappa shape index (κ3) is 6.71. The van der Waals surface area contributed by atoms with Crippen LogP contribution < -0.4 is 0 Å². The van der Waals surface area contributed by atoms with Gasteiger partial charge in [-0.1, -0.05) is 30.9 Å². The number of nitrogens with zero attached hydrogens (tertiary/aromatic N) is 2. The van der Waals surface area contributed by atoms with Crippen molar-refractivity contribution in [2.45, 2.75) is 45.1 Å². The Morgan fingerprint density at radius 1 is 1.26 bits per heavy atom. The number of aliphatic hydroxyl groups excluding tert-OH is 1. The summed E-state index contributed by atoms with van der Waals surface area (Å²) < 4.78 is 58.6. The first-order chi connectivity index (χ1) is 16.1. The van der Waals surface area contributed by atoms with Crippen LogP contribution >= 0.6 is 0 Å². The highest BCUT2D eigenvalue weighted by Gasteiger charge is 2.40. The van der Waals surface area contributed by atoms with E-state index < -0.39 is 18.8 Å². The molecule has 2 aliphatic rings. The minimum atomic E-state index is -4.34. The van der Waals surface area contributed by atoms with Crippen LogP contribution in [0.3, 0.4) is 0 Å². The molecule has 0 radical (unpaired) electrons. The van der Waals surface area contributed by atoms with Crippen LogP contribution in [-0.2, 0) is 17.8 Å². The van der Waals surface area contributed by atoms with E-state index in [0.29, 0.717) is 30.9 Å². The summed E-state index contributed by atoms with van der Waals surface area (Å²) in [7, 11) is 0. The Morgan fingerprint density at radius 3 is 2.62 bits per heavy atom. The van der Waals surface area contributed by atoms with Crippen molar-refractivity contribution >= 4 is 0 Å². The van der Waals surface area contributed by atoms with Crippen LogP contribution in [-0.4, -0.2) is 66.6 Å². The predicted molar refractivity (Wildman–Crippen MR) is 125 cm³/mol. The summed E-state index contributed by atoms with van der Waals surface area (Å²) in [5.41, 5.74) is 2.98. The summed E-state index contributed by atoms with van der Waals surface area (Å²) in [5, 5.41) is 9.48. The molecule has 0 aliphatic carbocycles. The molecule has 1 aromatic rings. The summed E-state index contributed by atoms with van der Waals surface area (Å²) in [5.74, 6) is 0.726. The molecule has 2 aliphatic heterocycles. The van der Waals surface area contributed by atoms with Gasteiger partial charge < -0.3 is 9.84 Å². The first-order valence-electron chi connectivity index (χ1n) is 11.6. The molecule has 0 aromatic heterocycles. The van der Waals surface area contributed by atoms with E-state index in [-0.39, 0.29) is 25.2 Å². The zero-order valence-corrected chi connectivity index (χ0v) is 19.8. The van der Waals surface area contributed by atoms with E-state index in [1.54, 1.807) is 37.3 Å². The maximum Gasteiger partial charge on any atom is 0.401 e. The molecule has 34 heavy (non-hydrogen) atoms. The highest BCUT2D eigenvalue weighted by atomic mass is 19.4. The van der Waals surface area contributed by atoms with E-state index in [1.807, 2.05) is 13.0 Å². The zero-order valence-electron chi connectivity index (χ0n) is 19.8. The lowest BCUT2D eigenvalue weighted by Gasteiger charge is -2.43. The third-order valence-corrected chi connectivity index (χ3v) is 6.48. The van der Waals surface area contributed by atoms with Crippen LogP contribution in [0.5, 0.6) is 0 Å². The monoisotopic (exact) mass is 482 g/mol. The number of hydrogen-bond acceptors (Lipinski definition) is 4. The Kier molecular flexibility index (Phi) is 8.95. The number of fused-ring (bicyclic) bond motifs is 1. The second kappa shape index (κ2) is 11.5. The Labute approximate surface area is 199 Å². The molecule has 8 heteroatoms.